The summed E-state index contributed by atoms with van der Waals surface area (Å²) in [6, 6.07) is 5.85. The number of hydrogen-bond donors (Lipinski definition) is 1. The summed E-state index contributed by atoms with van der Waals surface area (Å²) in [5.74, 6) is 0. The van der Waals surface area contributed by atoms with Crippen molar-refractivity contribution in [1.82, 2.24) is 4.90 Å². The Morgan fingerprint density at radius 2 is 2.24 bits per heavy atom. The summed E-state index contributed by atoms with van der Waals surface area (Å²) in [4.78, 5) is 2.42. The lowest BCUT2D eigenvalue weighted by Crippen LogP contribution is -2.52. The Bertz CT molecular complexity index is 406. The van der Waals surface area contributed by atoms with Gasteiger partial charge in [0.2, 0.25) is 0 Å². The number of nitrogens with zero attached hydrogens (tertiary/aromatic N) is 1. The summed E-state index contributed by atoms with van der Waals surface area (Å²) >= 11 is 6.03. The van der Waals surface area contributed by atoms with E-state index in [9.17, 15) is 0 Å². The molecule has 4 heteroatoms. The molecule has 0 amide bonds. The van der Waals surface area contributed by atoms with Crippen LogP contribution in [0.3, 0.4) is 0 Å². The van der Waals surface area contributed by atoms with Crippen molar-refractivity contribution in [3.8, 4) is 0 Å². The quantitative estimate of drug-likeness (QED) is 0.825. The third-order valence-corrected chi connectivity index (χ3v) is 3.58. The van der Waals surface area contributed by atoms with E-state index in [1.54, 1.807) is 0 Å². The maximum atomic E-state index is 6.03. The fourth-order valence-corrected chi connectivity index (χ4v) is 2.28. The van der Waals surface area contributed by atoms with Crippen LogP contribution in [0.1, 0.15) is 19.4 Å². The van der Waals surface area contributed by atoms with Crippen molar-refractivity contribution in [2.45, 2.75) is 25.9 Å². The van der Waals surface area contributed by atoms with Gasteiger partial charge in [-0.05, 0) is 31.5 Å². The molecule has 0 saturated carbocycles. The van der Waals surface area contributed by atoms with Crippen LogP contribution in [-0.2, 0) is 11.3 Å². The molecule has 94 valence electrons. The number of nitrogens with two attached hydrogens (primary N) is 1. The van der Waals surface area contributed by atoms with Gasteiger partial charge in [0.1, 0.15) is 0 Å². The summed E-state index contributed by atoms with van der Waals surface area (Å²) in [5.41, 5.74) is 7.61. The van der Waals surface area contributed by atoms with Crippen LogP contribution in [-0.4, -0.2) is 30.2 Å². The maximum Gasteiger partial charge on any atom is 0.0645 e. The normalized spacial score (nSPS) is 20.4. The minimum absolute atomic E-state index is 0.0755. The SMILES string of the molecule is CC1(C)COCCN1Cc1ccc(N)c(Cl)c1. The molecule has 0 atom stereocenters. The van der Waals surface area contributed by atoms with Crippen molar-refractivity contribution in [3.63, 3.8) is 0 Å². The van der Waals surface area contributed by atoms with Gasteiger partial charge in [-0.3, -0.25) is 4.90 Å². The fraction of sp³-hybridized carbons (Fsp3) is 0.538. The molecule has 0 radical (unpaired) electrons. The smallest absolute Gasteiger partial charge is 0.0645 e. The number of anilines is 1. The summed E-state index contributed by atoms with van der Waals surface area (Å²) in [5, 5.41) is 0.633. The Kier molecular flexibility index (Phi) is 3.61. The summed E-state index contributed by atoms with van der Waals surface area (Å²) in [6.45, 7) is 7.81. The molecule has 1 aliphatic rings. The number of hydrogen-bond acceptors (Lipinski definition) is 3. The molecular weight excluding hydrogens is 236 g/mol. The lowest BCUT2D eigenvalue weighted by atomic mass is 10.0. The van der Waals surface area contributed by atoms with Gasteiger partial charge in [-0.15, -0.1) is 0 Å². The van der Waals surface area contributed by atoms with Crippen LogP contribution in [0.2, 0.25) is 5.02 Å². The number of ether oxygens (including phenoxy) is 1. The zero-order chi connectivity index (χ0) is 12.5. The Morgan fingerprint density at radius 3 is 2.88 bits per heavy atom. The number of benzene rings is 1. The molecule has 3 nitrogen and oxygen atoms in total. The first-order chi connectivity index (χ1) is 7.99. The standard InChI is InChI=1S/C13H19ClN2O/c1-13(2)9-17-6-5-16(13)8-10-3-4-12(15)11(14)7-10/h3-4,7H,5-6,8-9,15H2,1-2H3. The van der Waals surface area contributed by atoms with Gasteiger partial charge < -0.3 is 10.5 Å². The Balaban J connectivity index is 2.11. The third-order valence-electron chi connectivity index (χ3n) is 3.26. The zero-order valence-corrected chi connectivity index (χ0v) is 11.1. The number of morpholine rings is 1. The van der Waals surface area contributed by atoms with E-state index in [4.69, 9.17) is 22.1 Å². The molecule has 1 fully saturated rings. The molecular formula is C13H19ClN2O. The van der Waals surface area contributed by atoms with E-state index in [1.807, 2.05) is 18.2 Å². The minimum atomic E-state index is 0.0755. The monoisotopic (exact) mass is 254 g/mol. The van der Waals surface area contributed by atoms with Gasteiger partial charge in [0, 0.05) is 18.6 Å². The second-order valence-electron chi connectivity index (χ2n) is 5.14. The van der Waals surface area contributed by atoms with E-state index in [0.29, 0.717) is 10.7 Å². The van der Waals surface area contributed by atoms with Crippen molar-refractivity contribution in [1.29, 1.82) is 0 Å². The van der Waals surface area contributed by atoms with Crippen molar-refractivity contribution in [2.24, 2.45) is 0 Å². The Labute approximate surface area is 107 Å². The van der Waals surface area contributed by atoms with Crippen LogP contribution in [0.15, 0.2) is 18.2 Å². The van der Waals surface area contributed by atoms with Crippen LogP contribution in [0, 0.1) is 0 Å². The summed E-state index contributed by atoms with van der Waals surface area (Å²) in [6.07, 6.45) is 0. The van der Waals surface area contributed by atoms with Crippen molar-refractivity contribution < 1.29 is 4.74 Å². The van der Waals surface area contributed by atoms with E-state index < -0.39 is 0 Å². The summed E-state index contributed by atoms with van der Waals surface area (Å²) in [7, 11) is 0. The van der Waals surface area contributed by atoms with Crippen LogP contribution < -0.4 is 5.73 Å². The molecule has 1 heterocycles. The largest absolute Gasteiger partial charge is 0.398 e. The van der Waals surface area contributed by atoms with E-state index in [1.165, 1.54) is 5.56 Å². The highest BCUT2D eigenvalue weighted by Gasteiger charge is 2.30. The highest BCUT2D eigenvalue weighted by atomic mass is 35.5. The van der Waals surface area contributed by atoms with E-state index in [-0.39, 0.29) is 5.54 Å². The van der Waals surface area contributed by atoms with Crippen LogP contribution in [0.5, 0.6) is 0 Å². The number of nitrogen functional groups attached to an aromatic ring is 1. The lowest BCUT2D eigenvalue weighted by Gasteiger charge is -2.42. The molecule has 0 unspecified atom stereocenters. The van der Waals surface area contributed by atoms with Gasteiger partial charge in [0.15, 0.2) is 0 Å². The minimum Gasteiger partial charge on any atom is -0.398 e. The van der Waals surface area contributed by atoms with E-state index >= 15 is 0 Å². The number of halogens is 1. The Hall–Kier alpha value is -0.770. The molecule has 1 aliphatic heterocycles. The van der Waals surface area contributed by atoms with Gasteiger partial charge in [-0.1, -0.05) is 17.7 Å². The molecule has 0 bridgehead atoms. The zero-order valence-electron chi connectivity index (χ0n) is 10.4. The second kappa shape index (κ2) is 4.84. The molecule has 2 rings (SSSR count). The Morgan fingerprint density at radius 1 is 1.47 bits per heavy atom. The fourth-order valence-electron chi connectivity index (χ4n) is 2.07. The van der Waals surface area contributed by atoms with Gasteiger partial charge >= 0.3 is 0 Å². The van der Waals surface area contributed by atoms with Gasteiger partial charge in [-0.2, -0.15) is 0 Å². The first-order valence-electron chi connectivity index (χ1n) is 5.86. The molecule has 0 aromatic heterocycles. The molecule has 2 N–H and O–H groups in total. The molecule has 0 aliphatic carbocycles. The van der Waals surface area contributed by atoms with Crippen molar-refractivity contribution in [3.05, 3.63) is 28.8 Å². The van der Waals surface area contributed by atoms with Crippen LogP contribution in [0.25, 0.3) is 0 Å². The van der Waals surface area contributed by atoms with E-state index in [2.05, 4.69) is 18.7 Å². The second-order valence-corrected chi connectivity index (χ2v) is 5.55. The molecule has 17 heavy (non-hydrogen) atoms. The highest BCUT2D eigenvalue weighted by Crippen LogP contribution is 2.24. The topological polar surface area (TPSA) is 38.5 Å². The van der Waals surface area contributed by atoms with E-state index in [0.717, 1.165) is 26.3 Å². The maximum absolute atomic E-state index is 6.03. The number of rotatable bonds is 2. The first kappa shape index (κ1) is 12.7. The average molecular weight is 255 g/mol. The highest BCUT2D eigenvalue weighted by molar-refractivity contribution is 6.33. The van der Waals surface area contributed by atoms with Gasteiger partial charge in [0.05, 0.1) is 23.9 Å². The molecule has 1 aromatic carbocycles. The third kappa shape index (κ3) is 2.92. The predicted molar refractivity (Wildman–Crippen MR) is 71.2 cm³/mol. The molecule has 1 saturated heterocycles. The summed E-state index contributed by atoms with van der Waals surface area (Å²) < 4.78 is 5.51. The van der Waals surface area contributed by atoms with Crippen molar-refractivity contribution >= 4 is 17.3 Å². The van der Waals surface area contributed by atoms with Gasteiger partial charge in [0.25, 0.3) is 0 Å². The first-order valence-corrected chi connectivity index (χ1v) is 6.23. The predicted octanol–water partition coefficient (Wildman–Crippen LogP) is 2.53. The van der Waals surface area contributed by atoms with Crippen LogP contribution in [0.4, 0.5) is 5.69 Å². The van der Waals surface area contributed by atoms with Crippen molar-refractivity contribution in [2.75, 3.05) is 25.5 Å². The van der Waals surface area contributed by atoms with Crippen LogP contribution >= 0.6 is 11.6 Å². The average Bonchev–Trinajstić information content (AvgIpc) is 2.26. The van der Waals surface area contributed by atoms with Gasteiger partial charge in [-0.25, -0.2) is 0 Å². The molecule has 1 aromatic rings. The molecule has 0 spiro atoms. The lowest BCUT2D eigenvalue weighted by molar-refractivity contribution is -0.0552.